The van der Waals surface area contributed by atoms with E-state index in [2.05, 4.69) is 21.2 Å². The molecule has 0 radical (unpaired) electrons. The second kappa shape index (κ2) is 7.04. The van der Waals surface area contributed by atoms with Gasteiger partial charge in [0.05, 0.1) is 5.69 Å². The van der Waals surface area contributed by atoms with E-state index >= 15 is 0 Å². The number of carbonyl (C=O) groups excluding carboxylic acids is 1. The predicted octanol–water partition coefficient (Wildman–Crippen LogP) is 4.89. The topological polar surface area (TPSA) is 29.1 Å². The molecule has 2 rings (SSSR count). The zero-order chi connectivity index (χ0) is 13.7. The van der Waals surface area contributed by atoms with Crippen molar-refractivity contribution in [1.29, 1.82) is 0 Å². The summed E-state index contributed by atoms with van der Waals surface area (Å²) in [4.78, 5) is 12.2. The van der Waals surface area contributed by atoms with E-state index < -0.39 is 5.82 Å². The van der Waals surface area contributed by atoms with Crippen molar-refractivity contribution >= 4 is 27.5 Å². The van der Waals surface area contributed by atoms with Crippen LogP contribution in [-0.2, 0) is 4.79 Å². The van der Waals surface area contributed by atoms with Gasteiger partial charge < -0.3 is 5.32 Å². The third kappa shape index (κ3) is 4.30. The van der Waals surface area contributed by atoms with Crippen LogP contribution in [0.3, 0.4) is 0 Å². The summed E-state index contributed by atoms with van der Waals surface area (Å²) in [6.07, 6.45) is 7.72. The molecule has 19 heavy (non-hydrogen) atoms. The lowest BCUT2D eigenvalue weighted by atomic mass is 9.90. The van der Waals surface area contributed by atoms with E-state index in [1.54, 1.807) is 12.1 Å². The highest BCUT2D eigenvalue weighted by Gasteiger charge is 2.20. The molecule has 2 nitrogen and oxygen atoms in total. The van der Waals surface area contributed by atoms with Crippen molar-refractivity contribution in [2.45, 2.75) is 44.9 Å². The van der Waals surface area contributed by atoms with Crippen LogP contribution in [0.5, 0.6) is 0 Å². The van der Waals surface area contributed by atoms with Crippen LogP contribution < -0.4 is 5.32 Å². The van der Waals surface area contributed by atoms with E-state index in [1.165, 1.54) is 25.3 Å². The van der Waals surface area contributed by atoms with Gasteiger partial charge in [-0.15, -0.1) is 0 Å². The highest BCUT2D eigenvalue weighted by Crippen LogP contribution is 2.25. The van der Waals surface area contributed by atoms with Crippen molar-refractivity contribution in [2.75, 3.05) is 5.32 Å². The van der Waals surface area contributed by atoms with Gasteiger partial charge >= 0.3 is 0 Å². The van der Waals surface area contributed by atoms with Crippen molar-refractivity contribution in [3.05, 3.63) is 28.5 Å². The van der Waals surface area contributed by atoms with E-state index in [4.69, 9.17) is 0 Å². The molecule has 104 valence electrons. The minimum absolute atomic E-state index is 0.0309. The van der Waals surface area contributed by atoms with Crippen LogP contribution in [0, 0.1) is 11.7 Å². The van der Waals surface area contributed by atoms with E-state index in [0.29, 0.717) is 4.47 Å². The van der Waals surface area contributed by atoms with Crippen LogP contribution in [0.4, 0.5) is 10.1 Å². The minimum Gasteiger partial charge on any atom is -0.323 e. The first-order valence-electron chi connectivity index (χ1n) is 6.93. The maximum absolute atomic E-state index is 13.7. The summed E-state index contributed by atoms with van der Waals surface area (Å²) in [5, 5.41) is 2.72. The van der Waals surface area contributed by atoms with E-state index in [9.17, 15) is 9.18 Å². The van der Waals surface area contributed by atoms with Crippen molar-refractivity contribution in [2.24, 2.45) is 5.92 Å². The van der Waals surface area contributed by atoms with Gasteiger partial charge in [0.2, 0.25) is 5.91 Å². The lowest BCUT2D eigenvalue weighted by Gasteiger charge is -2.19. The Balaban J connectivity index is 1.98. The first-order chi connectivity index (χ1) is 9.16. The Bertz CT molecular complexity index is 442. The van der Waals surface area contributed by atoms with Gasteiger partial charge in [-0.25, -0.2) is 4.39 Å². The Labute approximate surface area is 121 Å². The maximum atomic E-state index is 13.7. The lowest BCUT2D eigenvalue weighted by molar-refractivity contribution is -0.120. The van der Waals surface area contributed by atoms with Gasteiger partial charge in [0.1, 0.15) is 5.82 Å². The van der Waals surface area contributed by atoms with Gasteiger partial charge in [0, 0.05) is 10.4 Å². The first kappa shape index (κ1) is 14.5. The molecule has 0 unspecified atom stereocenters. The molecule has 0 aromatic heterocycles. The van der Waals surface area contributed by atoms with Gasteiger partial charge in [-0.3, -0.25) is 4.79 Å². The monoisotopic (exact) mass is 327 g/mol. The van der Waals surface area contributed by atoms with E-state index in [-0.39, 0.29) is 17.5 Å². The van der Waals surface area contributed by atoms with Gasteiger partial charge in [-0.1, -0.05) is 48.0 Å². The van der Waals surface area contributed by atoms with Crippen LogP contribution in [0.1, 0.15) is 44.9 Å². The molecule has 1 aromatic rings. The Hall–Kier alpha value is -0.900. The number of halogens is 2. The van der Waals surface area contributed by atoms with Crippen LogP contribution in [0.15, 0.2) is 22.7 Å². The molecule has 0 spiro atoms. The molecule has 0 aliphatic heterocycles. The van der Waals surface area contributed by atoms with Gasteiger partial charge in [0.15, 0.2) is 0 Å². The predicted molar refractivity (Wildman–Crippen MR) is 78.5 cm³/mol. The normalized spacial score (nSPS) is 17.6. The lowest BCUT2D eigenvalue weighted by Crippen LogP contribution is -2.24. The van der Waals surface area contributed by atoms with Crippen molar-refractivity contribution < 1.29 is 9.18 Å². The van der Waals surface area contributed by atoms with Crippen LogP contribution in [-0.4, -0.2) is 5.91 Å². The summed E-state index contributed by atoms with van der Waals surface area (Å²) in [6.45, 7) is 0. The number of amides is 1. The summed E-state index contributed by atoms with van der Waals surface area (Å²) in [6, 6.07) is 4.70. The van der Waals surface area contributed by atoms with Gasteiger partial charge in [-0.05, 0) is 31.0 Å². The molecule has 0 heterocycles. The summed E-state index contributed by atoms with van der Waals surface area (Å²) >= 11 is 3.21. The Kier molecular flexibility index (Phi) is 5.37. The molecule has 1 N–H and O–H groups in total. The highest BCUT2D eigenvalue weighted by molar-refractivity contribution is 9.10. The zero-order valence-corrected chi connectivity index (χ0v) is 12.5. The number of rotatable bonds is 2. The number of hydrogen-bond acceptors (Lipinski definition) is 1. The average molecular weight is 328 g/mol. The first-order valence-corrected chi connectivity index (χ1v) is 7.72. The zero-order valence-electron chi connectivity index (χ0n) is 10.9. The Morgan fingerprint density at radius 1 is 1.16 bits per heavy atom. The second-order valence-electron chi connectivity index (χ2n) is 5.16. The van der Waals surface area contributed by atoms with Gasteiger partial charge in [0.25, 0.3) is 0 Å². The van der Waals surface area contributed by atoms with Crippen LogP contribution >= 0.6 is 15.9 Å². The molecule has 0 saturated heterocycles. The number of hydrogen-bond donors (Lipinski definition) is 1. The van der Waals surface area contributed by atoms with Crippen molar-refractivity contribution in [3.8, 4) is 0 Å². The van der Waals surface area contributed by atoms with E-state index in [0.717, 1.165) is 25.7 Å². The Morgan fingerprint density at radius 3 is 2.42 bits per heavy atom. The molecular weight excluding hydrogens is 309 g/mol. The fourth-order valence-corrected chi connectivity index (χ4v) is 2.88. The summed E-state index contributed by atoms with van der Waals surface area (Å²) in [5.41, 5.74) is 0.273. The van der Waals surface area contributed by atoms with Crippen molar-refractivity contribution in [1.82, 2.24) is 0 Å². The highest BCUT2D eigenvalue weighted by atomic mass is 79.9. The number of anilines is 1. The smallest absolute Gasteiger partial charge is 0.227 e. The SMILES string of the molecule is O=C(Nc1ccc(Br)cc1F)C1CCCCCCC1. The third-order valence-electron chi connectivity index (χ3n) is 3.66. The standard InChI is InChI=1S/C15H19BrFNO/c16-12-8-9-14(13(17)10-12)18-15(19)11-6-4-2-1-3-5-7-11/h8-11H,1-7H2,(H,18,19). The minimum atomic E-state index is -0.395. The van der Waals surface area contributed by atoms with Crippen LogP contribution in [0.25, 0.3) is 0 Å². The van der Waals surface area contributed by atoms with Crippen molar-refractivity contribution in [3.63, 3.8) is 0 Å². The molecule has 1 fully saturated rings. The molecule has 4 heteroatoms. The Morgan fingerprint density at radius 2 is 1.79 bits per heavy atom. The molecule has 1 aliphatic rings. The summed E-state index contributed by atoms with van der Waals surface area (Å²) in [5.74, 6) is -0.403. The second-order valence-corrected chi connectivity index (χ2v) is 6.07. The fourth-order valence-electron chi connectivity index (χ4n) is 2.54. The fraction of sp³-hybridized carbons (Fsp3) is 0.533. The number of nitrogens with one attached hydrogen (secondary N) is 1. The molecular formula is C15H19BrFNO. The maximum Gasteiger partial charge on any atom is 0.227 e. The molecule has 1 aromatic carbocycles. The van der Waals surface area contributed by atoms with E-state index in [1.807, 2.05) is 0 Å². The van der Waals surface area contributed by atoms with Gasteiger partial charge in [-0.2, -0.15) is 0 Å². The quantitative estimate of drug-likeness (QED) is 0.823. The molecule has 1 aliphatic carbocycles. The number of benzene rings is 1. The molecule has 0 bridgehead atoms. The average Bonchev–Trinajstić information content (AvgIpc) is 2.32. The molecule has 1 amide bonds. The third-order valence-corrected chi connectivity index (χ3v) is 4.16. The molecule has 1 saturated carbocycles. The largest absolute Gasteiger partial charge is 0.323 e. The summed E-state index contributed by atoms with van der Waals surface area (Å²) in [7, 11) is 0. The number of carbonyl (C=O) groups is 1. The summed E-state index contributed by atoms with van der Waals surface area (Å²) < 4.78 is 14.4. The molecule has 0 atom stereocenters. The van der Waals surface area contributed by atoms with Crippen LogP contribution in [0.2, 0.25) is 0 Å².